The molecule has 4 aromatic rings. The Bertz CT molecular complexity index is 1230. The standard InChI is InChI=1S/C30H29BrN2O4/c31-25-16-32-21-33-27(25)29-30(36-19-24-14-8-3-9-15-24)28(35-18-23-12-6-2-7-13-23)26(37-29)20-34-17-22-10-4-1-5-11-22/h1-16,21,26,28-30H,17-20H2/t26-,28-,29+,30-/m1/s1. The largest absolute Gasteiger partial charge is 0.374 e. The Morgan fingerprint density at radius 1 is 0.703 bits per heavy atom. The van der Waals surface area contributed by atoms with E-state index in [0.29, 0.717) is 26.4 Å². The highest BCUT2D eigenvalue weighted by molar-refractivity contribution is 9.10. The molecule has 190 valence electrons. The van der Waals surface area contributed by atoms with E-state index < -0.39 is 12.2 Å². The van der Waals surface area contributed by atoms with E-state index in [1.165, 1.54) is 6.33 Å². The first-order chi connectivity index (χ1) is 18.3. The maximum atomic E-state index is 6.57. The molecular formula is C30H29BrN2O4. The van der Waals surface area contributed by atoms with Crippen LogP contribution in [-0.2, 0) is 38.8 Å². The maximum Gasteiger partial charge on any atom is 0.130 e. The summed E-state index contributed by atoms with van der Waals surface area (Å²) in [5.74, 6) is 0. The second-order valence-electron chi connectivity index (χ2n) is 8.87. The fourth-order valence-corrected chi connectivity index (χ4v) is 4.84. The summed E-state index contributed by atoms with van der Waals surface area (Å²) in [6.45, 7) is 1.71. The van der Waals surface area contributed by atoms with Crippen LogP contribution in [0.2, 0.25) is 0 Å². The Morgan fingerprint density at radius 3 is 1.81 bits per heavy atom. The number of benzene rings is 3. The molecule has 0 aliphatic carbocycles. The van der Waals surface area contributed by atoms with Crippen molar-refractivity contribution in [1.29, 1.82) is 0 Å². The second kappa shape index (κ2) is 13.0. The van der Waals surface area contributed by atoms with Crippen molar-refractivity contribution in [3.05, 3.63) is 130 Å². The molecule has 1 fully saturated rings. The molecule has 5 rings (SSSR count). The minimum Gasteiger partial charge on any atom is -0.374 e. The van der Waals surface area contributed by atoms with Gasteiger partial charge in [0.15, 0.2) is 0 Å². The number of hydrogen-bond acceptors (Lipinski definition) is 6. The summed E-state index contributed by atoms with van der Waals surface area (Å²) in [6.07, 6.45) is 1.68. The van der Waals surface area contributed by atoms with E-state index in [-0.39, 0.29) is 12.2 Å². The Morgan fingerprint density at radius 2 is 1.24 bits per heavy atom. The molecule has 2 heterocycles. The third-order valence-corrected chi connectivity index (χ3v) is 6.85. The summed E-state index contributed by atoms with van der Waals surface area (Å²) in [7, 11) is 0. The summed E-state index contributed by atoms with van der Waals surface area (Å²) in [4.78, 5) is 8.64. The molecule has 1 aromatic heterocycles. The van der Waals surface area contributed by atoms with Gasteiger partial charge in [-0.3, -0.25) is 0 Å². The van der Waals surface area contributed by atoms with Gasteiger partial charge in [-0.05, 0) is 32.6 Å². The quantitative estimate of drug-likeness (QED) is 0.222. The summed E-state index contributed by atoms with van der Waals surface area (Å²) in [5, 5.41) is 0. The van der Waals surface area contributed by atoms with Crippen LogP contribution in [-0.4, -0.2) is 34.9 Å². The van der Waals surface area contributed by atoms with Gasteiger partial charge in [0, 0.05) is 6.20 Å². The molecule has 6 nitrogen and oxygen atoms in total. The van der Waals surface area contributed by atoms with Crippen LogP contribution in [0, 0.1) is 0 Å². The van der Waals surface area contributed by atoms with Crippen LogP contribution >= 0.6 is 15.9 Å². The number of ether oxygens (including phenoxy) is 4. The van der Waals surface area contributed by atoms with Crippen LogP contribution in [0.4, 0.5) is 0 Å². The van der Waals surface area contributed by atoms with Crippen LogP contribution in [0.5, 0.6) is 0 Å². The third kappa shape index (κ3) is 6.89. The van der Waals surface area contributed by atoms with Gasteiger partial charge < -0.3 is 18.9 Å². The number of rotatable bonds is 11. The summed E-state index contributed by atoms with van der Waals surface area (Å²) >= 11 is 3.60. The molecule has 0 unspecified atom stereocenters. The molecule has 0 N–H and O–H groups in total. The lowest BCUT2D eigenvalue weighted by molar-refractivity contribution is -0.0898. The highest BCUT2D eigenvalue weighted by atomic mass is 79.9. The van der Waals surface area contributed by atoms with Gasteiger partial charge in [-0.15, -0.1) is 0 Å². The van der Waals surface area contributed by atoms with Crippen LogP contribution < -0.4 is 0 Å². The number of halogens is 1. The number of hydrogen-bond donors (Lipinski definition) is 0. The first-order valence-electron chi connectivity index (χ1n) is 12.3. The topological polar surface area (TPSA) is 62.7 Å². The zero-order valence-electron chi connectivity index (χ0n) is 20.4. The summed E-state index contributed by atoms with van der Waals surface area (Å²) in [5.41, 5.74) is 4.00. The van der Waals surface area contributed by atoms with Gasteiger partial charge in [0.1, 0.15) is 30.7 Å². The third-order valence-electron chi connectivity index (χ3n) is 6.24. The van der Waals surface area contributed by atoms with Crippen molar-refractivity contribution < 1.29 is 18.9 Å². The minimum atomic E-state index is -0.452. The maximum absolute atomic E-state index is 6.57. The molecule has 0 radical (unpaired) electrons. The molecular weight excluding hydrogens is 532 g/mol. The van der Waals surface area contributed by atoms with Gasteiger partial charge in [-0.1, -0.05) is 91.0 Å². The van der Waals surface area contributed by atoms with E-state index in [1.54, 1.807) is 6.20 Å². The predicted molar refractivity (Wildman–Crippen MR) is 143 cm³/mol. The van der Waals surface area contributed by atoms with Gasteiger partial charge in [0.05, 0.1) is 36.6 Å². The van der Waals surface area contributed by atoms with Gasteiger partial charge in [0.25, 0.3) is 0 Å². The fourth-order valence-electron chi connectivity index (χ4n) is 4.40. The van der Waals surface area contributed by atoms with Crippen molar-refractivity contribution in [3.8, 4) is 0 Å². The normalized spacial score (nSPS) is 21.2. The van der Waals surface area contributed by atoms with Crippen molar-refractivity contribution >= 4 is 15.9 Å². The SMILES string of the molecule is Brc1cncnc1[C@@H]1O[C@H](COCc2ccccc2)[C@@H](OCc2ccccc2)[C@H]1OCc1ccccc1. The molecule has 37 heavy (non-hydrogen) atoms. The van der Waals surface area contributed by atoms with Crippen LogP contribution in [0.15, 0.2) is 108 Å². The van der Waals surface area contributed by atoms with Crippen LogP contribution in [0.3, 0.4) is 0 Å². The molecule has 0 amide bonds. The molecule has 1 aliphatic rings. The zero-order chi connectivity index (χ0) is 25.3. The van der Waals surface area contributed by atoms with E-state index in [4.69, 9.17) is 18.9 Å². The molecule has 1 saturated heterocycles. The smallest absolute Gasteiger partial charge is 0.130 e. The molecule has 0 spiro atoms. The highest BCUT2D eigenvalue weighted by Crippen LogP contribution is 2.39. The van der Waals surface area contributed by atoms with Crippen molar-refractivity contribution in [2.45, 2.75) is 44.2 Å². The average molecular weight is 561 g/mol. The predicted octanol–water partition coefficient (Wildman–Crippen LogP) is 6.07. The number of nitrogens with zero attached hydrogens (tertiary/aromatic N) is 2. The first kappa shape index (κ1) is 25.7. The van der Waals surface area contributed by atoms with Gasteiger partial charge in [-0.2, -0.15) is 0 Å². The molecule has 3 aromatic carbocycles. The molecule has 4 atom stereocenters. The van der Waals surface area contributed by atoms with Crippen molar-refractivity contribution in [3.63, 3.8) is 0 Å². The first-order valence-corrected chi connectivity index (χ1v) is 13.1. The monoisotopic (exact) mass is 560 g/mol. The highest BCUT2D eigenvalue weighted by Gasteiger charge is 2.48. The Labute approximate surface area is 225 Å². The van der Waals surface area contributed by atoms with Crippen molar-refractivity contribution in [1.82, 2.24) is 9.97 Å². The average Bonchev–Trinajstić information content (AvgIpc) is 3.29. The lowest BCUT2D eigenvalue weighted by atomic mass is 10.0. The molecule has 1 aliphatic heterocycles. The van der Waals surface area contributed by atoms with Gasteiger partial charge in [-0.25, -0.2) is 9.97 Å². The van der Waals surface area contributed by atoms with Gasteiger partial charge >= 0.3 is 0 Å². The van der Waals surface area contributed by atoms with E-state index in [2.05, 4.69) is 38.0 Å². The molecule has 0 saturated carbocycles. The Balaban J connectivity index is 1.38. The van der Waals surface area contributed by atoms with Crippen molar-refractivity contribution in [2.75, 3.05) is 6.61 Å². The lowest BCUT2D eigenvalue weighted by Crippen LogP contribution is -2.38. The van der Waals surface area contributed by atoms with E-state index >= 15 is 0 Å². The Kier molecular flexibility index (Phi) is 9.05. The minimum absolute atomic E-state index is 0.347. The van der Waals surface area contributed by atoms with Crippen LogP contribution in [0.25, 0.3) is 0 Å². The van der Waals surface area contributed by atoms with E-state index in [9.17, 15) is 0 Å². The Hall–Kier alpha value is -2.94. The number of aromatic nitrogens is 2. The summed E-state index contributed by atoms with van der Waals surface area (Å²) in [6, 6.07) is 30.3. The van der Waals surface area contributed by atoms with Crippen molar-refractivity contribution in [2.24, 2.45) is 0 Å². The van der Waals surface area contributed by atoms with Gasteiger partial charge in [0.2, 0.25) is 0 Å². The zero-order valence-corrected chi connectivity index (χ0v) is 21.9. The second-order valence-corrected chi connectivity index (χ2v) is 9.73. The van der Waals surface area contributed by atoms with E-state index in [0.717, 1.165) is 26.9 Å². The van der Waals surface area contributed by atoms with E-state index in [1.807, 2.05) is 78.9 Å². The van der Waals surface area contributed by atoms with Crippen LogP contribution in [0.1, 0.15) is 28.5 Å². The molecule has 0 bridgehead atoms. The summed E-state index contributed by atoms with van der Waals surface area (Å²) < 4.78 is 26.5. The lowest BCUT2D eigenvalue weighted by Gasteiger charge is -2.25. The fraction of sp³-hybridized carbons (Fsp3) is 0.267. The molecule has 7 heteroatoms.